The molecule has 17 heavy (non-hydrogen) atoms. The molecule has 0 saturated heterocycles. The molecule has 2 N–H and O–H groups in total. The number of carbonyl (C=O) groups is 1. The Morgan fingerprint density at radius 2 is 2.24 bits per heavy atom. The molecule has 0 aliphatic rings. The van der Waals surface area contributed by atoms with Crippen LogP contribution in [0.5, 0.6) is 0 Å². The minimum Gasteiger partial charge on any atom is -0.398 e. The lowest BCUT2D eigenvalue weighted by atomic mass is 10.1. The minimum absolute atomic E-state index is 0.160. The fourth-order valence-corrected chi connectivity index (χ4v) is 1.79. The zero-order valence-corrected chi connectivity index (χ0v) is 10.8. The second-order valence-corrected chi connectivity index (χ2v) is 3.99. The molecule has 0 bridgehead atoms. The van der Waals surface area contributed by atoms with Crippen LogP contribution in [-0.2, 0) is 4.74 Å². The van der Waals surface area contributed by atoms with Gasteiger partial charge in [-0.1, -0.05) is 17.7 Å². The first kappa shape index (κ1) is 13.8. The third kappa shape index (κ3) is 3.35. The SMILES string of the molecule is CCN(CCOC)C(=O)c1c(N)cccc1Cl. The minimum atomic E-state index is -0.160. The number of benzene rings is 1. The number of nitrogens with two attached hydrogens (primary N) is 1. The van der Waals surface area contributed by atoms with Gasteiger partial charge in [0.05, 0.1) is 17.2 Å². The molecule has 0 fully saturated rings. The van der Waals surface area contributed by atoms with E-state index < -0.39 is 0 Å². The zero-order chi connectivity index (χ0) is 12.8. The van der Waals surface area contributed by atoms with E-state index in [-0.39, 0.29) is 5.91 Å². The van der Waals surface area contributed by atoms with E-state index in [9.17, 15) is 4.79 Å². The van der Waals surface area contributed by atoms with Crippen molar-refractivity contribution in [1.29, 1.82) is 0 Å². The van der Waals surface area contributed by atoms with Crippen molar-refractivity contribution >= 4 is 23.2 Å². The molecule has 0 atom stereocenters. The quantitative estimate of drug-likeness (QED) is 0.820. The van der Waals surface area contributed by atoms with Crippen LogP contribution < -0.4 is 5.73 Å². The fourth-order valence-electron chi connectivity index (χ4n) is 1.53. The van der Waals surface area contributed by atoms with Crippen LogP contribution in [-0.4, -0.2) is 37.6 Å². The highest BCUT2D eigenvalue weighted by molar-refractivity contribution is 6.34. The molecule has 94 valence electrons. The molecule has 0 aromatic heterocycles. The lowest BCUT2D eigenvalue weighted by Gasteiger charge is -2.21. The number of carbonyl (C=O) groups excluding carboxylic acids is 1. The van der Waals surface area contributed by atoms with Gasteiger partial charge in [0.2, 0.25) is 0 Å². The number of hydrogen-bond donors (Lipinski definition) is 1. The van der Waals surface area contributed by atoms with E-state index in [4.69, 9.17) is 22.1 Å². The number of anilines is 1. The summed E-state index contributed by atoms with van der Waals surface area (Å²) in [5.74, 6) is -0.160. The van der Waals surface area contributed by atoms with E-state index in [1.165, 1.54) is 0 Å². The maximum Gasteiger partial charge on any atom is 0.257 e. The Kier molecular flexibility index (Phi) is 5.25. The van der Waals surface area contributed by atoms with Crippen molar-refractivity contribution in [1.82, 2.24) is 4.90 Å². The number of halogens is 1. The Balaban J connectivity index is 2.93. The Labute approximate surface area is 106 Å². The summed E-state index contributed by atoms with van der Waals surface area (Å²) in [4.78, 5) is 13.9. The van der Waals surface area contributed by atoms with E-state index >= 15 is 0 Å². The topological polar surface area (TPSA) is 55.6 Å². The number of likely N-dealkylation sites (N-methyl/N-ethyl adjacent to an activating group) is 1. The van der Waals surface area contributed by atoms with Crippen LogP contribution in [0, 0.1) is 0 Å². The number of ether oxygens (including phenoxy) is 1. The zero-order valence-electron chi connectivity index (χ0n) is 10.1. The average Bonchev–Trinajstić information content (AvgIpc) is 2.30. The van der Waals surface area contributed by atoms with E-state index in [0.29, 0.717) is 36.0 Å². The molecule has 1 rings (SSSR count). The van der Waals surface area contributed by atoms with Gasteiger partial charge in [0, 0.05) is 25.9 Å². The van der Waals surface area contributed by atoms with Crippen molar-refractivity contribution in [3.05, 3.63) is 28.8 Å². The lowest BCUT2D eigenvalue weighted by molar-refractivity contribution is 0.0707. The third-order valence-electron chi connectivity index (χ3n) is 2.49. The van der Waals surface area contributed by atoms with Crippen LogP contribution in [0.15, 0.2) is 18.2 Å². The first-order chi connectivity index (χ1) is 8.11. The number of rotatable bonds is 5. The highest BCUT2D eigenvalue weighted by Gasteiger charge is 2.19. The van der Waals surface area contributed by atoms with Crippen LogP contribution >= 0.6 is 11.6 Å². The van der Waals surface area contributed by atoms with Gasteiger partial charge in [-0.05, 0) is 19.1 Å². The largest absolute Gasteiger partial charge is 0.398 e. The van der Waals surface area contributed by atoms with Crippen LogP contribution in [0.3, 0.4) is 0 Å². The Morgan fingerprint density at radius 3 is 2.76 bits per heavy atom. The first-order valence-electron chi connectivity index (χ1n) is 5.44. The van der Waals surface area contributed by atoms with Crippen LogP contribution in [0.2, 0.25) is 5.02 Å². The highest BCUT2D eigenvalue weighted by Crippen LogP contribution is 2.23. The summed E-state index contributed by atoms with van der Waals surface area (Å²) in [5, 5.41) is 0.380. The fraction of sp³-hybridized carbons (Fsp3) is 0.417. The number of methoxy groups -OCH3 is 1. The molecule has 0 aliphatic heterocycles. The average molecular weight is 257 g/mol. The number of amides is 1. The summed E-state index contributed by atoms with van der Waals surface area (Å²) in [5.41, 5.74) is 6.55. The second-order valence-electron chi connectivity index (χ2n) is 3.58. The van der Waals surface area contributed by atoms with Gasteiger partial charge in [0.1, 0.15) is 0 Å². The summed E-state index contributed by atoms with van der Waals surface area (Å²) in [6.07, 6.45) is 0. The summed E-state index contributed by atoms with van der Waals surface area (Å²) in [7, 11) is 1.60. The van der Waals surface area contributed by atoms with Gasteiger partial charge in [-0.25, -0.2) is 0 Å². The summed E-state index contributed by atoms with van der Waals surface area (Å²) in [6.45, 7) is 3.51. The van der Waals surface area contributed by atoms with Crippen molar-refractivity contribution in [2.75, 3.05) is 32.5 Å². The molecular formula is C12H17ClN2O2. The maximum absolute atomic E-state index is 12.2. The molecule has 1 aromatic rings. The van der Waals surface area contributed by atoms with Gasteiger partial charge >= 0.3 is 0 Å². The Morgan fingerprint density at radius 1 is 1.53 bits per heavy atom. The highest BCUT2D eigenvalue weighted by atomic mass is 35.5. The Bertz CT molecular complexity index is 376. The predicted molar refractivity (Wildman–Crippen MR) is 69.3 cm³/mol. The summed E-state index contributed by atoms with van der Waals surface area (Å²) in [6, 6.07) is 5.05. The summed E-state index contributed by atoms with van der Waals surface area (Å²) >= 11 is 6.00. The number of nitrogens with zero attached hydrogens (tertiary/aromatic N) is 1. The molecule has 0 heterocycles. The van der Waals surface area contributed by atoms with E-state index in [2.05, 4.69) is 0 Å². The molecule has 0 radical (unpaired) electrons. The van der Waals surface area contributed by atoms with E-state index in [1.54, 1.807) is 30.2 Å². The van der Waals surface area contributed by atoms with Crippen LogP contribution in [0.25, 0.3) is 0 Å². The van der Waals surface area contributed by atoms with Crippen LogP contribution in [0.1, 0.15) is 17.3 Å². The third-order valence-corrected chi connectivity index (χ3v) is 2.81. The summed E-state index contributed by atoms with van der Waals surface area (Å²) < 4.78 is 4.96. The molecule has 0 spiro atoms. The normalized spacial score (nSPS) is 10.3. The second kappa shape index (κ2) is 6.47. The van der Waals surface area contributed by atoms with Crippen molar-refractivity contribution < 1.29 is 9.53 Å². The van der Waals surface area contributed by atoms with Gasteiger partial charge in [0.15, 0.2) is 0 Å². The molecule has 5 heteroatoms. The molecule has 4 nitrogen and oxygen atoms in total. The van der Waals surface area contributed by atoms with Gasteiger partial charge in [-0.3, -0.25) is 4.79 Å². The van der Waals surface area contributed by atoms with Crippen molar-refractivity contribution in [2.24, 2.45) is 0 Å². The van der Waals surface area contributed by atoms with Gasteiger partial charge in [-0.15, -0.1) is 0 Å². The number of hydrogen-bond acceptors (Lipinski definition) is 3. The van der Waals surface area contributed by atoms with Crippen LogP contribution in [0.4, 0.5) is 5.69 Å². The van der Waals surface area contributed by atoms with Crippen molar-refractivity contribution in [3.8, 4) is 0 Å². The molecular weight excluding hydrogens is 240 g/mol. The first-order valence-corrected chi connectivity index (χ1v) is 5.81. The molecule has 0 saturated carbocycles. The molecule has 0 aliphatic carbocycles. The van der Waals surface area contributed by atoms with Gasteiger partial charge in [-0.2, -0.15) is 0 Å². The standard InChI is InChI=1S/C12H17ClN2O2/c1-3-15(7-8-17-2)12(16)11-9(13)5-4-6-10(11)14/h4-6H,3,7-8,14H2,1-2H3. The van der Waals surface area contributed by atoms with Crippen molar-refractivity contribution in [2.45, 2.75) is 6.92 Å². The predicted octanol–water partition coefficient (Wildman–Crippen LogP) is 2.03. The number of nitrogen functional groups attached to an aromatic ring is 1. The Hall–Kier alpha value is -1.26. The van der Waals surface area contributed by atoms with E-state index in [0.717, 1.165) is 0 Å². The monoisotopic (exact) mass is 256 g/mol. The van der Waals surface area contributed by atoms with Gasteiger partial charge < -0.3 is 15.4 Å². The molecule has 0 unspecified atom stereocenters. The van der Waals surface area contributed by atoms with E-state index in [1.807, 2.05) is 6.92 Å². The molecule has 1 aromatic carbocycles. The van der Waals surface area contributed by atoms with Gasteiger partial charge in [0.25, 0.3) is 5.91 Å². The smallest absolute Gasteiger partial charge is 0.257 e. The maximum atomic E-state index is 12.2. The van der Waals surface area contributed by atoms with Crippen molar-refractivity contribution in [3.63, 3.8) is 0 Å². The molecule has 1 amide bonds. The lowest BCUT2D eigenvalue weighted by Crippen LogP contribution is -2.34.